The van der Waals surface area contributed by atoms with E-state index in [1.165, 1.54) is 10.6 Å². The van der Waals surface area contributed by atoms with E-state index < -0.39 is 0 Å². The van der Waals surface area contributed by atoms with Gasteiger partial charge in [0.25, 0.3) is 0 Å². The van der Waals surface area contributed by atoms with E-state index in [1.54, 1.807) is 11.3 Å². The van der Waals surface area contributed by atoms with E-state index in [-0.39, 0.29) is 6.04 Å². The number of aryl methyl sites for hydroxylation is 4. The van der Waals surface area contributed by atoms with Crippen LogP contribution in [0.15, 0.2) is 4.47 Å². The van der Waals surface area contributed by atoms with Crippen molar-refractivity contribution < 1.29 is 0 Å². The lowest BCUT2D eigenvalue weighted by Gasteiger charge is -2.15. The molecule has 0 saturated heterocycles. The monoisotopic (exact) mass is 342 g/mol. The van der Waals surface area contributed by atoms with Gasteiger partial charge < -0.3 is 5.32 Å². The largest absolute Gasteiger partial charge is 0.312 e. The lowest BCUT2D eigenvalue weighted by molar-refractivity contribution is 0.565. The Kier molecular flexibility index (Phi) is 4.43. The van der Waals surface area contributed by atoms with Gasteiger partial charge in [-0.1, -0.05) is 0 Å². The average molecular weight is 343 g/mol. The zero-order valence-electron chi connectivity index (χ0n) is 11.9. The van der Waals surface area contributed by atoms with Crippen LogP contribution < -0.4 is 5.32 Å². The van der Waals surface area contributed by atoms with Crippen molar-refractivity contribution in [3.63, 3.8) is 0 Å². The molecule has 2 aromatic heterocycles. The number of nitrogens with zero attached hydrogens (tertiary/aromatic N) is 3. The summed E-state index contributed by atoms with van der Waals surface area (Å²) < 4.78 is 3.06. The summed E-state index contributed by atoms with van der Waals surface area (Å²) in [7, 11) is 3.99. The van der Waals surface area contributed by atoms with Crippen molar-refractivity contribution in [2.24, 2.45) is 7.05 Å². The molecule has 0 aromatic carbocycles. The molecular formula is C13H19BrN4S. The molecule has 1 atom stereocenters. The Morgan fingerprint density at radius 2 is 2.00 bits per heavy atom. The summed E-state index contributed by atoms with van der Waals surface area (Å²) in [4.78, 5) is 5.83. The molecule has 0 radical (unpaired) electrons. The number of hydrogen-bond acceptors (Lipinski definition) is 4. The quantitative estimate of drug-likeness (QED) is 0.928. The number of aromatic nitrogens is 3. The topological polar surface area (TPSA) is 42.7 Å². The third-order valence-electron chi connectivity index (χ3n) is 3.26. The minimum Gasteiger partial charge on any atom is -0.312 e. The molecular weight excluding hydrogens is 324 g/mol. The Morgan fingerprint density at radius 1 is 1.32 bits per heavy atom. The summed E-state index contributed by atoms with van der Waals surface area (Å²) in [6.07, 6.45) is 0.900. The predicted molar refractivity (Wildman–Crippen MR) is 82.7 cm³/mol. The van der Waals surface area contributed by atoms with Crippen molar-refractivity contribution in [2.75, 3.05) is 7.05 Å². The van der Waals surface area contributed by atoms with Crippen LogP contribution in [0.3, 0.4) is 0 Å². The van der Waals surface area contributed by atoms with E-state index in [4.69, 9.17) is 0 Å². The van der Waals surface area contributed by atoms with Crippen LogP contribution in [0.5, 0.6) is 0 Å². The molecule has 0 amide bonds. The molecule has 6 heteroatoms. The highest BCUT2D eigenvalue weighted by molar-refractivity contribution is 9.10. The van der Waals surface area contributed by atoms with E-state index in [9.17, 15) is 0 Å². The lowest BCUT2D eigenvalue weighted by Crippen LogP contribution is -2.20. The zero-order valence-corrected chi connectivity index (χ0v) is 14.3. The number of nitrogens with one attached hydrogen (secondary N) is 1. The van der Waals surface area contributed by atoms with E-state index in [2.05, 4.69) is 45.2 Å². The van der Waals surface area contributed by atoms with Gasteiger partial charge in [-0.05, 0) is 43.7 Å². The van der Waals surface area contributed by atoms with Crippen molar-refractivity contribution in [1.29, 1.82) is 0 Å². The van der Waals surface area contributed by atoms with Gasteiger partial charge in [-0.3, -0.25) is 4.68 Å². The first-order valence-corrected chi connectivity index (χ1v) is 7.84. The van der Waals surface area contributed by atoms with Crippen LogP contribution >= 0.6 is 27.3 Å². The fourth-order valence-electron chi connectivity index (χ4n) is 2.29. The van der Waals surface area contributed by atoms with Gasteiger partial charge in [0.15, 0.2) is 0 Å². The van der Waals surface area contributed by atoms with E-state index >= 15 is 0 Å². The first kappa shape index (κ1) is 14.7. The number of hydrogen-bond donors (Lipinski definition) is 1. The summed E-state index contributed by atoms with van der Waals surface area (Å²) >= 11 is 5.40. The first-order chi connectivity index (χ1) is 8.93. The maximum absolute atomic E-state index is 4.52. The molecule has 0 aliphatic heterocycles. The summed E-state index contributed by atoms with van der Waals surface area (Å²) in [6, 6.07) is 0.275. The highest BCUT2D eigenvalue weighted by atomic mass is 79.9. The number of halogens is 1. The smallest absolute Gasteiger partial charge is 0.0900 e. The van der Waals surface area contributed by atoms with Crippen LogP contribution in [0, 0.1) is 20.8 Å². The van der Waals surface area contributed by atoms with E-state index in [1.807, 2.05) is 25.7 Å². The summed E-state index contributed by atoms with van der Waals surface area (Å²) in [5.41, 5.74) is 3.36. The fraction of sp³-hybridized carbons (Fsp3) is 0.538. The Bertz CT molecular complexity index is 588. The molecule has 0 bridgehead atoms. The molecule has 0 fully saturated rings. The minimum absolute atomic E-state index is 0.275. The predicted octanol–water partition coefficient (Wildman–Crippen LogP) is 3.07. The van der Waals surface area contributed by atoms with Gasteiger partial charge in [-0.15, -0.1) is 11.3 Å². The number of thiazole rings is 1. The average Bonchev–Trinajstić information content (AvgIpc) is 2.79. The second-order valence-electron chi connectivity index (χ2n) is 4.70. The summed E-state index contributed by atoms with van der Waals surface area (Å²) in [5.74, 6) is 0. The molecule has 2 heterocycles. The molecule has 19 heavy (non-hydrogen) atoms. The third kappa shape index (κ3) is 2.90. The normalized spacial score (nSPS) is 12.9. The Morgan fingerprint density at radius 3 is 2.42 bits per heavy atom. The van der Waals surface area contributed by atoms with Gasteiger partial charge in [0.2, 0.25) is 0 Å². The molecule has 0 saturated carbocycles. The van der Waals surface area contributed by atoms with Gasteiger partial charge in [-0.25, -0.2) is 4.98 Å². The van der Waals surface area contributed by atoms with Crippen molar-refractivity contribution in [1.82, 2.24) is 20.1 Å². The molecule has 104 valence electrons. The molecule has 4 nitrogen and oxygen atoms in total. The van der Waals surface area contributed by atoms with Crippen LogP contribution in [0.1, 0.15) is 33.0 Å². The highest BCUT2D eigenvalue weighted by Crippen LogP contribution is 2.30. The molecule has 2 rings (SSSR count). The SMILES string of the molecule is CNC(Cc1c(Br)c(C)nn1C)c1sc(C)nc1C. The Labute approximate surface area is 126 Å². The van der Waals surface area contributed by atoms with Gasteiger partial charge >= 0.3 is 0 Å². The van der Waals surface area contributed by atoms with E-state index in [0.29, 0.717) is 0 Å². The second kappa shape index (κ2) is 5.73. The van der Waals surface area contributed by atoms with Gasteiger partial charge in [0.05, 0.1) is 26.6 Å². The standard InChI is InChI=1S/C13H19BrN4S/c1-7-12(14)11(18(5)17-7)6-10(15-4)13-8(2)16-9(3)19-13/h10,15H,6H2,1-5H3. The minimum atomic E-state index is 0.275. The Balaban J connectivity index is 2.31. The maximum Gasteiger partial charge on any atom is 0.0900 e. The third-order valence-corrected chi connectivity index (χ3v) is 5.48. The van der Waals surface area contributed by atoms with Crippen LogP contribution in [0.25, 0.3) is 0 Å². The van der Waals surface area contributed by atoms with Crippen molar-refractivity contribution >= 4 is 27.3 Å². The van der Waals surface area contributed by atoms with Crippen LogP contribution in [0.4, 0.5) is 0 Å². The molecule has 1 N–H and O–H groups in total. The Hall–Kier alpha value is -0.720. The van der Waals surface area contributed by atoms with Gasteiger partial charge in [0, 0.05) is 24.4 Å². The number of likely N-dealkylation sites (N-methyl/N-ethyl adjacent to an activating group) is 1. The fourth-order valence-corrected chi connectivity index (χ4v) is 3.83. The lowest BCUT2D eigenvalue weighted by atomic mass is 10.1. The van der Waals surface area contributed by atoms with Crippen molar-refractivity contribution in [3.05, 3.63) is 31.4 Å². The molecule has 1 unspecified atom stereocenters. The molecule has 0 aliphatic carbocycles. The highest BCUT2D eigenvalue weighted by Gasteiger charge is 2.20. The van der Waals surface area contributed by atoms with Gasteiger partial charge in [0.1, 0.15) is 0 Å². The molecule has 0 spiro atoms. The van der Waals surface area contributed by atoms with Crippen LogP contribution in [-0.4, -0.2) is 21.8 Å². The summed E-state index contributed by atoms with van der Waals surface area (Å²) in [6.45, 7) is 6.15. The zero-order chi connectivity index (χ0) is 14.2. The van der Waals surface area contributed by atoms with Gasteiger partial charge in [-0.2, -0.15) is 5.10 Å². The maximum atomic E-state index is 4.52. The van der Waals surface area contributed by atoms with E-state index in [0.717, 1.165) is 27.3 Å². The summed E-state index contributed by atoms with van der Waals surface area (Å²) in [5, 5.41) is 8.96. The second-order valence-corrected chi connectivity index (χ2v) is 6.73. The van der Waals surface area contributed by atoms with Crippen LogP contribution in [-0.2, 0) is 13.5 Å². The van der Waals surface area contributed by atoms with Crippen LogP contribution in [0.2, 0.25) is 0 Å². The van der Waals surface area contributed by atoms with Crippen molar-refractivity contribution in [3.8, 4) is 0 Å². The molecule has 2 aromatic rings. The van der Waals surface area contributed by atoms with Crippen molar-refractivity contribution in [2.45, 2.75) is 33.2 Å². The molecule has 0 aliphatic rings. The number of rotatable bonds is 4. The first-order valence-electron chi connectivity index (χ1n) is 6.23.